The van der Waals surface area contributed by atoms with Crippen LogP contribution in [0.2, 0.25) is 0 Å². The Kier molecular flexibility index (Phi) is 8.06. The van der Waals surface area contributed by atoms with Crippen molar-refractivity contribution in [2.45, 2.75) is 46.2 Å². The monoisotopic (exact) mass is 401 g/mol. The maximum Gasteiger partial charge on any atom is 0.257 e. The molecule has 29 heavy (non-hydrogen) atoms. The minimum absolute atomic E-state index is 0.000642. The SMILES string of the molecule is CCNC(=O)COc1cccc(CNC(=NC)NCc2ncc(C(C)(C)C)o2)c1. The quantitative estimate of drug-likeness (QED) is 0.464. The number of nitrogens with one attached hydrogen (secondary N) is 3. The first-order valence-corrected chi connectivity index (χ1v) is 9.70. The molecule has 1 aromatic heterocycles. The molecule has 0 radical (unpaired) electrons. The van der Waals surface area contributed by atoms with Crippen molar-refractivity contribution in [3.63, 3.8) is 0 Å². The third-order valence-corrected chi connectivity index (χ3v) is 4.03. The fraction of sp³-hybridized carbons (Fsp3) is 0.476. The lowest BCUT2D eigenvalue weighted by Crippen LogP contribution is -2.36. The number of carbonyl (C=O) groups excluding carboxylic acids is 1. The van der Waals surface area contributed by atoms with Crippen molar-refractivity contribution >= 4 is 11.9 Å². The van der Waals surface area contributed by atoms with E-state index in [4.69, 9.17) is 9.15 Å². The molecule has 158 valence electrons. The van der Waals surface area contributed by atoms with E-state index >= 15 is 0 Å². The zero-order chi connectivity index (χ0) is 21.3. The standard InChI is InChI=1S/C21H31N5O3/c1-6-23-18(27)14-28-16-9-7-8-15(10-16)11-25-20(22-5)26-13-19-24-12-17(29-19)21(2,3)4/h7-10,12H,6,11,13-14H2,1-5H3,(H,23,27)(H2,22,25,26). The number of hydrogen-bond acceptors (Lipinski definition) is 5. The van der Waals surface area contributed by atoms with E-state index in [0.29, 0.717) is 37.2 Å². The molecule has 1 heterocycles. The summed E-state index contributed by atoms with van der Waals surface area (Å²) in [7, 11) is 1.71. The molecule has 0 aliphatic rings. The first-order chi connectivity index (χ1) is 13.8. The van der Waals surface area contributed by atoms with E-state index in [2.05, 4.69) is 46.7 Å². The second-order valence-electron chi connectivity index (χ2n) is 7.54. The maximum absolute atomic E-state index is 11.5. The summed E-state index contributed by atoms with van der Waals surface area (Å²) in [5, 5.41) is 9.13. The normalized spacial score (nSPS) is 11.8. The fourth-order valence-electron chi connectivity index (χ4n) is 2.45. The molecule has 8 nitrogen and oxygen atoms in total. The maximum atomic E-state index is 11.5. The van der Waals surface area contributed by atoms with Gasteiger partial charge < -0.3 is 25.1 Å². The van der Waals surface area contributed by atoms with Crippen LogP contribution in [0.5, 0.6) is 5.75 Å². The number of aromatic nitrogens is 1. The molecule has 0 unspecified atom stereocenters. The molecule has 1 aromatic carbocycles. The number of rotatable bonds is 8. The van der Waals surface area contributed by atoms with Crippen molar-refractivity contribution in [1.29, 1.82) is 0 Å². The summed E-state index contributed by atoms with van der Waals surface area (Å²) in [5.74, 6) is 2.60. The molecule has 0 saturated carbocycles. The average molecular weight is 402 g/mol. The smallest absolute Gasteiger partial charge is 0.257 e. The van der Waals surface area contributed by atoms with Crippen LogP contribution in [-0.2, 0) is 23.3 Å². The van der Waals surface area contributed by atoms with Gasteiger partial charge in [-0.25, -0.2) is 4.98 Å². The highest BCUT2D eigenvalue weighted by atomic mass is 16.5. The minimum atomic E-state index is -0.137. The highest BCUT2D eigenvalue weighted by Crippen LogP contribution is 2.22. The summed E-state index contributed by atoms with van der Waals surface area (Å²) >= 11 is 0. The van der Waals surface area contributed by atoms with Crippen molar-refractivity contribution in [2.75, 3.05) is 20.2 Å². The molecule has 0 spiro atoms. The predicted molar refractivity (Wildman–Crippen MR) is 113 cm³/mol. The van der Waals surface area contributed by atoms with Crippen LogP contribution in [0.25, 0.3) is 0 Å². The summed E-state index contributed by atoms with van der Waals surface area (Å²) in [4.78, 5) is 20.0. The largest absolute Gasteiger partial charge is 0.484 e. The number of amides is 1. The number of oxazole rings is 1. The van der Waals surface area contributed by atoms with Crippen molar-refractivity contribution in [1.82, 2.24) is 20.9 Å². The van der Waals surface area contributed by atoms with Crippen molar-refractivity contribution in [2.24, 2.45) is 4.99 Å². The van der Waals surface area contributed by atoms with Gasteiger partial charge in [0.1, 0.15) is 11.5 Å². The number of carbonyl (C=O) groups is 1. The van der Waals surface area contributed by atoms with E-state index in [1.54, 1.807) is 13.2 Å². The van der Waals surface area contributed by atoms with E-state index in [0.717, 1.165) is 11.3 Å². The lowest BCUT2D eigenvalue weighted by atomic mass is 9.94. The Bertz CT molecular complexity index is 824. The van der Waals surface area contributed by atoms with Crippen molar-refractivity contribution in [3.8, 4) is 5.75 Å². The lowest BCUT2D eigenvalue weighted by Gasteiger charge is -2.13. The summed E-state index contributed by atoms with van der Waals surface area (Å²) in [6.07, 6.45) is 1.76. The molecule has 0 atom stereocenters. The van der Waals surface area contributed by atoms with Crippen LogP contribution in [0.3, 0.4) is 0 Å². The number of nitrogens with zero attached hydrogens (tertiary/aromatic N) is 2. The van der Waals surface area contributed by atoms with Gasteiger partial charge in [-0.3, -0.25) is 9.79 Å². The Hall–Kier alpha value is -3.03. The third-order valence-electron chi connectivity index (χ3n) is 4.03. The molecule has 0 aliphatic heterocycles. The van der Waals surface area contributed by atoms with Crippen LogP contribution >= 0.6 is 0 Å². The van der Waals surface area contributed by atoms with Crippen LogP contribution < -0.4 is 20.7 Å². The fourth-order valence-corrected chi connectivity index (χ4v) is 2.45. The van der Waals surface area contributed by atoms with E-state index < -0.39 is 0 Å². The first-order valence-electron chi connectivity index (χ1n) is 9.70. The number of hydrogen-bond donors (Lipinski definition) is 3. The number of likely N-dealkylation sites (N-methyl/N-ethyl adjacent to an activating group) is 1. The van der Waals surface area contributed by atoms with Gasteiger partial charge in [0.2, 0.25) is 5.89 Å². The van der Waals surface area contributed by atoms with Crippen LogP contribution in [0.15, 0.2) is 39.9 Å². The van der Waals surface area contributed by atoms with Gasteiger partial charge in [-0.15, -0.1) is 0 Å². The molecule has 3 N–H and O–H groups in total. The molecule has 0 aliphatic carbocycles. The second kappa shape index (κ2) is 10.5. The van der Waals surface area contributed by atoms with Gasteiger partial charge in [0.15, 0.2) is 12.6 Å². The Morgan fingerprint density at radius 1 is 1.21 bits per heavy atom. The highest BCUT2D eigenvalue weighted by Gasteiger charge is 2.19. The predicted octanol–water partition coefficient (Wildman–Crippen LogP) is 2.35. The van der Waals surface area contributed by atoms with E-state index in [1.807, 2.05) is 31.2 Å². The molecule has 2 rings (SSSR count). The lowest BCUT2D eigenvalue weighted by molar-refractivity contribution is -0.122. The zero-order valence-corrected chi connectivity index (χ0v) is 17.8. The van der Waals surface area contributed by atoms with Crippen LogP contribution in [-0.4, -0.2) is 37.1 Å². The average Bonchev–Trinajstić information content (AvgIpc) is 3.17. The molecular formula is C21H31N5O3. The number of ether oxygens (including phenoxy) is 1. The summed E-state index contributed by atoms with van der Waals surface area (Å²) in [6.45, 7) is 9.70. The topological polar surface area (TPSA) is 101 Å². The summed E-state index contributed by atoms with van der Waals surface area (Å²) < 4.78 is 11.3. The molecule has 2 aromatic rings. The molecule has 8 heteroatoms. The van der Waals surface area contributed by atoms with Crippen LogP contribution in [0, 0.1) is 0 Å². The highest BCUT2D eigenvalue weighted by molar-refractivity contribution is 5.79. The Balaban J connectivity index is 1.83. The van der Waals surface area contributed by atoms with Gasteiger partial charge in [0.25, 0.3) is 5.91 Å². The Labute approximate surface area is 172 Å². The number of guanidine groups is 1. The Morgan fingerprint density at radius 2 is 1.97 bits per heavy atom. The summed E-state index contributed by atoms with van der Waals surface area (Å²) in [6, 6.07) is 7.58. The minimum Gasteiger partial charge on any atom is -0.484 e. The van der Waals surface area contributed by atoms with Crippen molar-refractivity contribution < 1.29 is 13.9 Å². The van der Waals surface area contributed by atoms with Gasteiger partial charge in [-0.2, -0.15) is 0 Å². The summed E-state index contributed by atoms with van der Waals surface area (Å²) in [5.41, 5.74) is 0.933. The third kappa shape index (κ3) is 7.48. The Morgan fingerprint density at radius 3 is 2.62 bits per heavy atom. The molecule has 0 saturated heterocycles. The van der Waals surface area contributed by atoms with E-state index in [-0.39, 0.29) is 17.9 Å². The van der Waals surface area contributed by atoms with E-state index in [1.165, 1.54) is 0 Å². The second-order valence-corrected chi connectivity index (χ2v) is 7.54. The zero-order valence-electron chi connectivity index (χ0n) is 17.8. The first kappa shape index (κ1) is 22.3. The van der Waals surface area contributed by atoms with Gasteiger partial charge >= 0.3 is 0 Å². The van der Waals surface area contributed by atoms with E-state index in [9.17, 15) is 4.79 Å². The van der Waals surface area contributed by atoms with Gasteiger partial charge in [-0.05, 0) is 24.6 Å². The van der Waals surface area contributed by atoms with Crippen LogP contribution in [0.1, 0.15) is 44.9 Å². The molecule has 0 bridgehead atoms. The van der Waals surface area contributed by atoms with Gasteiger partial charge in [0, 0.05) is 25.6 Å². The molecular weight excluding hydrogens is 370 g/mol. The number of aliphatic imine (C=N–C) groups is 1. The molecule has 0 fully saturated rings. The van der Waals surface area contributed by atoms with Gasteiger partial charge in [-0.1, -0.05) is 32.9 Å². The van der Waals surface area contributed by atoms with Crippen LogP contribution in [0.4, 0.5) is 0 Å². The van der Waals surface area contributed by atoms with Gasteiger partial charge in [0.05, 0.1) is 12.7 Å². The van der Waals surface area contributed by atoms with Crippen molar-refractivity contribution in [3.05, 3.63) is 47.7 Å². The molecule has 1 amide bonds. The number of benzene rings is 1.